The van der Waals surface area contributed by atoms with Crippen molar-refractivity contribution < 1.29 is 4.79 Å². The Labute approximate surface area is 103 Å². The molecule has 0 aliphatic carbocycles. The standard InChI is InChI=1S/C14H18N2O/c1-5-8-15-14(17)12(4)16-13-7-6-10(2)9-11(13)3/h1,6-7,9,12,16H,8H2,2-4H3,(H,15,17). The Hall–Kier alpha value is -1.95. The van der Waals surface area contributed by atoms with Crippen LogP contribution in [-0.4, -0.2) is 18.5 Å². The van der Waals surface area contributed by atoms with Gasteiger partial charge in [0.25, 0.3) is 0 Å². The quantitative estimate of drug-likeness (QED) is 0.775. The molecule has 0 bridgehead atoms. The van der Waals surface area contributed by atoms with Crippen LogP contribution in [0.25, 0.3) is 0 Å². The number of benzene rings is 1. The number of nitrogens with one attached hydrogen (secondary N) is 2. The summed E-state index contributed by atoms with van der Waals surface area (Å²) >= 11 is 0. The number of anilines is 1. The molecule has 0 aromatic heterocycles. The van der Waals surface area contributed by atoms with Crippen molar-refractivity contribution in [1.82, 2.24) is 5.32 Å². The lowest BCUT2D eigenvalue weighted by molar-refractivity contribution is -0.121. The summed E-state index contributed by atoms with van der Waals surface area (Å²) in [5.41, 5.74) is 3.30. The molecule has 0 saturated heterocycles. The Morgan fingerprint density at radius 1 is 1.47 bits per heavy atom. The lowest BCUT2D eigenvalue weighted by Gasteiger charge is -2.16. The number of amides is 1. The Bertz CT molecular complexity index is 446. The first-order chi connectivity index (χ1) is 8.04. The monoisotopic (exact) mass is 230 g/mol. The van der Waals surface area contributed by atoms with Gasteiger partial charge in [-0.3, -0.25) is 4.79 Å². The summed E-state index contributed by atoms with van der Waals surface area (Å²) in [5.74, 6) is 2.28. The van der Waals surface area contributed by atoms with Crippen LogP contribution < -0.4 is 10.6 Å². The van der Waals surface area contributed by atoms with E-state index < -0.39 is 0 Å². The van der Waals surface area contributed by atoms with E-state index in [1.807, 2.05) is 32.9 Å². The van der Waals surface area contributed by atoms with Gasteiger partial charge in [-0.15, -0.1) is 6.42 Å². The summed E-state index contributed by atoms with van der Waals surface area (Å²) in [6, 6.07) is 5.77. The van der Waals surface area contributed by atoms with Crippen LogP contribution in [0.4, 0.5) is 5.69 Å². The molecule has 3 heteroatoms. The van der Waals surface area contributed by atoms with Gasteiger partial charge in [0.15, 0.2) is 0 Å². The van der Waals surface area contributed by atoms with Crippen LogP contribution >= 0.6 is 0 Å². The molecule has 0 radical (unpaired) electrons. The van der Waals surface area contributed by atoms with E-state index in [1.165, 1.54) is 5.56 Å². The van der Waals surface area contributed by atoms with Gasteiger partial charge in [0.1, 0.15) is 6.04 Å². The molecule has 0 spiro atoms. The number of terminal acetylenes is 1. The van der Waals surface area contributed by atoms with E-state index in [-0.39, 0.29) is 18.5 Å². The fourth-order valence-corrected chi connectivity index (χ4v) is 1.57. The number of hydrogen-bond donors (Lipinski definition) is 2. The highest BCUT2D eigenvalue weighted by molar-refractivity contribution is 5.84. The molecule has 0 aliphatic heterocycles. The molecule has 90 valence electrons. The van der Waals surface area contributed by atoms with Crippen molar-refractivity contribution in [1.29, 1.82) is 0 Å². The predicted octanol–water partition coefficient (Wildman–Crippen LogP) is 1.85. The van der Waals surface area contributed by atoms with Crippen molar-refractivity contribution in [3.05, 3.63) is 29.3 Å². The number of carbonyl (C=O) groups is 1. The van der Waals surface area contributed by atoms with Gasteiger partial charge < -0.3 is 10.6 Å². The fraction of sp³-hybridized carbons (Fsp3) is 0.357. The van der Waals surface area contributed by atoms with Crippen LogP contribution in [0.5, 0.6) is 0 Å². The van der Waals surface area contributed by atoms with E-state index in [0.717, 1.165) is 11.3 Å². The average molecular weight is 230 g/mol. The van der Waals surface area contributed by atoms with Crippen molar-refractivity contribution in [3.63, 3.8) is 0 Å². The number of aryl methyl sites for hydroxylation is 2. The van der Waals surface area contributed by atoms with E-state index in [1.54, 1.807) is 0 Å². The maximum absolute atomic E-state index is 11.6. The third-order valence-corrected chi connectivity index (χ3v) is 2.51. The second kappa shape index (κ2) is 5.95. The average Bonchev–Trinajstić information content (AvgIpc) is 2.29. The summed E-state index contributed by atoms with van der Waals surface area (Å²) in [5, 5.41) is 5.81. The lowest BCUT2D eigenvalue weighted by Crippen LogP contribution is -2.37. The van der Waals surface area contributed by atoms with Crippen molar-refractivity contribution in [3.8, 4) is 12.3 Å². The normalized spacial score (nSPS) is 11.4. The van der Waals surface area contributed by atoms with Crippen molar-refractivity contribution in [2.75, 3.05) is 11.9 Å². The molecule has 1 atom stereocenters. The van der Waals surface area contributed by atoms with Crippen LogP contribution in [0.1, 0.15) is 18.1 Å². The topological polar surface area (TPSA) is 41.1 Å². The number of rotatable bonds is 4. The highest BCUT2D eigenvalue weighted by Gasteiger charge is 2.12. The van der Waals surface area contributed by atoms with E-state index in [2.05, 4.69) is 22.6 Å². The van der Waals surface area contributed by atoms with Gasteiger partial charge in [-0.1, -0.05) is 23.6 Å². The maximum atomic E-state index is 11.6. The molecule has 17 heavy (non-hydrogen) atoms. The molecule has 0 heterocycles. The first-order valence-corrected chi connectivity index (χ1v) is 5.59. The molecular formula is C14H18N2O. The minimum Gasteiger partial charge on any atom is -0.374 e. The first-order valence-electron chi connectivity index (χ1n) is 5.59. The summed E-state index contributed by atoms with van der Waals surface area (Å²) in [6.45, 7) is 6.13. The third kappa shape index (κ3) is 3.84. The Balaban J connectivity index is 2.65. The van der Waals surface area contributed by atoms with Crippen LogP contribution in [0.15, 0.2) is 18.2 Å². The Morgan fingerprint density at radius 3 is 2.76 bits per heavy atom. The summed E-state index contributed by atoms with van der Waals surface area (Å²) in [4.78, 5) is 11.6. The predicted molar refractivity (Wildman–Crippen MR) is 70.8 cm³/mol. The van der Waals surface area contributed by atoms with Gasteiger partial charge in [0, 0.05) is 5.69 Å². The summed E-state index contributed by atoms with van der Waals surface area (Å²) in [7, 11) is 0. The number of carbonyl (C=O) groups excluding carboxylic acids is 1. The zero-order valence-corrected chi connectivity index (χ0v) is 10.5. The van der Waals surface area contributed by atoms with Gasteiger partial charge >= 0.3 is 0 Å². The van der Waals surface area contributed by atoms with E-state index in [4.69, 9.17) is 6.42 Å². The Morgan fingerprint density at radius 2 is 2.18 bits per heavy atom. The number of hydrogen-bond acceptors (Lipinski definition) is 2. The highest BCUT2D eigenvalue weighted by atomic mass is 16.2. The smallest absolute Gasteiger partial charge is 0.242 e. The molecule has 1 aromatic carbocycles. The minimum atomic E-state index is -0.301. The molecule has 1 unspecified atom stereocenters. The molecule has 1 rings (SSSR count). The minimum absolute atomic E-state index is 0.0945. The molecule has 2 N–H and O–H groups in total. The third-order valence-electron chi connectivity index (χ3n) is 2.51. The van der Waals surface area contributed by atoms with E-state index >= 15 is 0 Å². The highest BCUT2D eigenvalue weighted by Crippen LogP contribution is 2.16. The van der Waals surface area contributed by atoms with E-state index in [0.29, 0.717) is 0 Å². The van der Waals surface area contributed by atoms with Crippen LogP contribution in [0.2, 0.25) is 0 Å². The molecule has 3 nitrogen and oxygen atoms in total. The fourth-order valence-electron chi connectivity index (χ4n) is 1.57. The van der Waals surface area contributed by atoms with Gasteiger partial charge in [0.2, 0.25) is 5.91 Å². The molecule has 0 saturated carbocycles. The van der Waals surface area contributed by atoms with Crippen LogP contribution in [0, 0.1) is 26.2 Å². The van der Waals surface area contributed by atoms with Gasteiger partial charge in [-0.2, -0.15) is 0 Å². The molecule has 1 aromatic rings. The van der Waals surface area contributed by atoms with Crippen molar-refractivity contribution in [2.24, 2.45) is 0 Å². The zero-order chi connectivity index (χ0) is 12.8. The van der Waals surface area contributed by atoms with Crippen LogP contribution in [0.3, 0.4) is 0 Å². The maximum Gasteiger partial charge on any atom is 0.242 e. The van der Waals surface area contributed by atoms with Crippen LogP contribution in [-0.2, 0) is 4.79 Å². The molecule has 1 amide bonds. The molecule has 0 aliphatic rings. The second-order valence-electron chi connectivity index (χ2n) is 4.11. The Kier molecular flexibility index (Phi) is 4.59. The zero-order valence-electron chi connectivity index (χ0n) is 10.5. The van der Waals surface area contributed by atoms with Gasteiger partial charge in [0.05, 0.1) is 6.54 Å². The summed E-state index contributed by atoms with van der Waals surface area (Å²) < 4.78 is 0. The SMILES string of the molecule is C#CCNC(=O)C(C)Nc1ccc(C)cc1C. The molecule has 0 fully saturated rings. The summed E-state index contributed by atoms with van der Waals surface area (Å²) in [6.07, 6.45) is 5.09. The first kappa shape index (κ1) is 13.1. The van der Waals surface area contributed by atoms with E-state index in [9.17, 15) is 4.79 Å². The van der Waals surface area contributed by atoms with Gasteiger partial charge in [-0.05, 0) is 32.4 Å². The van der Waals surface area contributed by atoms with Crippen molar-refractivity contribution in [2.45, 2.75) is 26.8 Å². The van der Waals surface area contributed by atoms with Crippen molar-refractivity contribution >= 4 is 11.6 Å². The lowest BCUT2D eigenvalue weighted by atomic mass is 10.1. The van der Waals surface area contributed by atoms with Gasteiger partial charge in [-0.25, -0.2) is 0 Å². The largest absolute Gasteiger partial charge is 0.374 e. The second-order valence-corrected chi connectivity index (χ2v) is 4.11. The molecular weight excluding hydrogens is 212 g/mol.